The number of nitrogens with zero attached hydrogens (tertiary/aromatic N) is 2. The fourth-order valence-corrected chi connectivity index (χ4v) is 4.35. The van der Waals surface area contributed by atoms with Gasteiger partial charge in [0.05, 0.1) is 16.8 Å². The third-order valence-corrected chi connectivity index (χ3v) is 7.12. The van der Waals surface area contributed by atoms with Crippen LogP contribution >= 0.6 is 0 Å². The van der Waals surface area contributed by atoms with Crippen molar-refractivity contribution in [1.29, 1.82) is 0 Å². The summed E-state index contributed by atoms with van der Waals surface area (Å²) < 4.78 is 12.5. The summed E-state index contributed by atoms with van der Waals surface area (Å²) in [5.41, 5.74) is 8.77. The van der Waals surface area contributed by atoms with E-state index in [1.54, 1.807) is 12.3 Å². The predicted molar refractivity (Wildman–Crippen MR) is 124 cm³/mol. The Kier molecular flexibility index (Phi) is 5.60. The third kappa shape index (κ3) is 4.21. The number of aromatic nitrogens is 1. The number of amides is 1. The lowest BCUT2D eigenvalue weighted by atomic mass is 9.74. The van der Waals surface area contributed by atoms with Crippen LogP contribution in [0.15, 0.2) is 36.5 Å². The van der Waals surface area contributed by atoms with Crippen molar-refractivity contribution in [3.63, 3.8) is 0 Å². The van der Waals surface area contributed by atoms with Crippen molar-refractivity contribution in [2.24, 2.45) is 5.73 Å². The molecule has 3 heterocycles. The van der Waals surface area contributed by atoms with Crippen molar-refractivity contribution in [3.05, 3.63) is 53.2 Å². The normalized spacial score (nSPS) is 20.8. The Morgan fingerprint density at radius 1 is 1.10 bits per heavy atom. The van der Waals surface area contributed by atoms with Crippen LogP contribution in [0.2, 0.25) is 0 Å². The molecule has 0 spiro atoms. The van der Waals surface area contributed by atoms with Gasteiger partial charge in [0.1, 0.15) is 5.82 Å². The molecule has 0 bridgehead atoms. The molecule has 164 valence electrons. The van der Waals surface area contributed by atoms with E-state index in [-0.39, 0.29) is 18.3 Å². The van der Waals surface area contributed by atoms with Crippen molar-refractivity contribution in [2.45, 2.75) is 64.6 Å². The number of rotatable bonds is 4. The topological polar surface area (TPSA) is 77.7 Å². The van der Waals surface area contributed by atoms with Gasteiger partial charge >= 0.3 is 7.12 Å². The number of piperidine rings is 1. The van der Waals surface area contributed by atoms with Crippen LogP contribution in [0.4, 0.5) is 5.82 Å². The van der Waals surface area contributed by atoms with E-state index >= 15 is 0 Å². The molecule has 1 amide bonds. The Hall–Kier alpha value is -2.38. The van der Waals surface area contributed by atoms with Crippen LogP contribution < -0.4 is 16.1 Å². The van der Waals surface area contributed by atoms with E-state index in [2.05, 4.69) is 62.7 Å². The van der Waals surface area contributed by atoms with E-state index in [1.807, 2.05) is 6.07 Å². The van der Waals surface area contributed by atoms with Gasteiger partial charge in [0.15, 0.2) is 0 Å². The van der Waals surface area contributed by atoms with Gasteiger partial charge in [-0.05, 0) is 76.5 Å². The minimum absolute atomic E-state index is 0.324. The number of aryl methyl sites for hydroxylation is 1. The van der Waals surface area contributed by atoms with Crippen molar-refractivity contribution < 1.29 is 14.1 Å². The average molecular weight is 421 g/mol. The highest BCUT2D eigenvalue weighted by molar-refractivity contribution is 6.62. The lowest BCUT2D eigenvalue weighted by Gasteiger charge is -2.33. The lowest BCUT2D eigenvalue weighted by molar-refractivity contribution is 0.00578. The minimum Gasteiger partial charge on any atom is -0.399 e. The summed E-state index contributed by atoms with van der Waals surface area (Å²) in [6.07, 6.45) is 3.69. The molecule has 2 fully saturated rings. The van der Waals surface area contributed by atoms with Gasteiger partial charge in [-0.15, -0.1) is 0 Å². The highest BCUT2D eigenvalue weighted by Gasteiger charge is 2.52. The molecule has 31 heavy (non-hydrogen) atoms. The van der Waals surface area contributed by atoms with E-state index in [4.69, 9.17) is 15.0 Å². The summed E-state index contributed by atoms with van der Waals surface area (Å²) in [6.45, 7) is 12.4. The van der Waals surface area contributed by atoms with Crippen molar-refractivity contribution in [1.82, 2.24) is 4.98 Å². The smallest absolute Gasteiger partial charge is 0.399 e. The molecule has 1 aromatic heterocycles. The molecule has 2 N–H and O–H groups in total. The molecule has 1 aromatic carbocycles. The van der Waals surface area contributed by atoms with Crippen molar-refractivity contribution in [3.8, 4) is 0 Å². The molecule has 2 aliphatic rings. The van der Waals surface area contributed by atoms with Crippen molar-refractivity contribution >= 4 is 24.3 Å². The van der Waals surface area contributed by atoms with Crippen LogP contribution in [-0.4, -0.2) is 42.3 Å². The Morgan fingerprint density at radius 3 is 2.26 bits per heavy atom. The molecule has 2 aliphatic heterocycles. The third-order valence-electron chi connectivity index (χ3n) is 7.12. The highest BCUT2D eigenvalue weighted by Crippen LogP contribution is 2.37. The van der Waals surface area contributed by atoms with Gasteiger partial charge in [-0.3, -0.25) is 4.79 Å². The maximum absolute atomic E-state index is 11.2. The summed E-state index contributed by atoms with van der Waals surface area (Å²) in [7, 11) is -0.324. The van der Waals surface area contributed by atoms with Gasteiger partial charge in [-0.2, -0.15) is 0 Å². The summed E-state index contributed by atoms with van der Waals surface area (Å²) in [5, 5.41) is 0. The largest absolute Gasteiger partial charge is 0.495 e. The average Bonchev–Trinajstić information content (AvgIpc) is 2.95. The number of benzene rings is 1. The molecule has 0 unspecified atom stereocenters. The van der Waals surface area contributed by atoms with E-state index in [0.29, 0.717) is 11.5 Å². The number of carbonyl (C=O) groups excluding carboxylic acids is 1. The molecule has 7 heteroatoms. The molecular formula is C24H32BN3O3. The second-order valence-corrected chi connectivity index (χ2v) is 9.73. The monoisotopic (exact) mass is 421 g/mol. The molecule has 0 saturated carbocycles. The van der Waals surface area contributed by atoms with Gasteiger partial charge in [0.2, 0.25) is 5.91 Å². The Bertz CT molecular complexity index is 951. The number of carbonyl (C=O) groups is 1. The van der Waals surface area contributed by atoms with E-state index in [1.165, 1.54) is 11.1 Å². The maximum Gasteiger partial charge on any atom is 0.495 e. The van der Waals surface area contributed by atoms with Crippen molar-refractivity contribution in [2.75, 3.05) is 18.0 Å². The highest BCUT2D eigenvalue weighted by atomic mass is 16.7. The van der Waals surface area contributed by atoms with E-state index in [9.17, 15) is 4.79 Å². The fourth-order valence-electron chi connectivity index (χ4n) is 4.35. The lowest BCUT2D eigenvalue weighted by Crippen LogP contribution is -2.41. The summed E-state index contributed by atoms with van der Waals surface area (Å²) >= 11 is 0. The molecule has 2 aromatic rings. The fraction of sp³-hybridized carbons (Fsp3) is 0.500. The van der Waals surface area contributed by atoms with E-state index in [0.717, 1.165) is 37.2 Å². The van der Waals surface area contributed by atoms with Gasteiger partial charge in [0, 0.05) is 19.3 Å². The van der Waals surface area contributed by atoms with Gasteiger partial charge < -0.3 is 19.9 Å². The molecule has 0 radical (unpaired) electrons. The first-order valence-corrected chi connectivity index (χ1v) is 11.0. The Morgan fingerprint density at radius 2 is 1.74 bits per heavy atom. The van der Waals surface area contributed by atoms with Crippen LogP contribution in [0.1, 0.15) is 67.9 Å². The van der Waals surface area contributed by atoms with Crippen LogP contribution in [-0.2, 0) is 9.31 Å². The van der Waals surface area contributed by atoms with Crippen LogP contribution in [0.25, 0.3) is 0 Å². The number of nitrogens with two attached hydrogens (primary N) is 1. The van der Waals surface area contributed by atoms with Crippen LogP contribution in [0, 0.1) is 6.92 Å². The van der Waals surface area contributed by atoms with Crippen LogP contribution in [0.5, 0.6) is 0 Å². The van der Waals surface area contributed by atoms with E-state index < -0.39 is 5.91 Å². The standard InChI is InChI=1S/C24H32BN3O3/c1-16-14-18(6-8-20(16)25-30-23(2,3)24(4,5)31-25)17-10-12-28(13-11-17)21-9-7-19(15-27-21)22(26)29/h6-9,14-15,17H,10-13H2,1-5H3,(H2,26,29). The summed E-state index contributed by atoms with van der Waals surface area (Å²) in [6, 6.07) is 10.3. The molecule has 4 rings (SSSR count). The SMILES string of the molecule is Cc1cc(C2CCN(c3ccc(C(N)=O)cn3)CC2)ccc1B1OC(C)(C)C(C)(C)O1. The van der Waals surface area contributed by atoms with Gasteiger partial charge in [-0.25, -0.2) is 4.98 Å². The number of anilines is 1. The molecule has 0 aliphatic carbocycles. The molecule has 0 atom stereocenters. The molecular weight excluding hydrogens is 389 g/mol. The summed E-state index contributed by atoms with van der Waals surface area (Å²) in [4.78, 5) is 17.9. The maximum atomic E-state index is 11.2. The molecule has 6 nitrogen and oxygen atoms in total. The zero-order chi connectivity index (χ0) is 22.4. The Balaban J connectivity index is 1.41. The minimum atomic E-state index is -0.447. The number of hydrogen-bond acceptors (Lipinski definition) is 5. The number of primary amides is 1. The second kappa shape index (κ2) is 7.95. The zero-order valence-electron chi connectivity index (χ0n) is 19.1. The van der Waals surface area contributed by atoms with Gasteiger partial charge in [0.25, 0.3) is 0 Å². The number of hydrogen-bond donors (Lipinski definition) is 1. The molecule has 2 saturated heterocycles. The first kappa shape index (κ1) is 21.8. The number of pyridine rings is 1. The quantitative estimate of drug-likeness (QED) is 0.768. The summed E-state index contributed by atoms with van der Waals surface area (Å²) in [5.74, 6) is 0.972. The first-order valence-electron chi connectivity index (χ1n) is 11.0. The second-order valence-electron chi connectivity index (χ2n) is 9.73. The van der Waals surface area contributed by atoms with Crippen LogP contribution in [0.3, 0.4) is 0 Å². The zero-order valence-corrected chi connectivity index (χ0v) is 19.1. The van der Waals surface area contributed by atoms with Gasteiger partial charge in [-0.1, -0.05) is 23.8 Å². The predicted octanol–water partition coefficient (Wildman–Crippen LogP) is 3.17. The first-order chi connectivity index (χ1) is 14.6. The Labute approximate surface area is 185 Å².